The van der Waals surface area contributed by atoms with Crippen LogP contribution in [0.25, 0.3) is 0 Å². The zero-order valence-electron chi connectivity index (χ0n) is 13.4. The Morgan fingerprint density at radius 2 is 2.08 bits per heavy atom. The van der Waals surface area contributed by atoms with Gasteiger partial charge in [0, 0.05) is 17.1 Å². The molecule has 2 unspecified atom stereocenters. The van der Waals surface area contributed by atoms with E-state index in [0.717, 1.165) is 33.9 Å². The molecule has 2 aliphatic rings. The van der Waals surface area contributed by atoms with Crippen molar-refractivity contribution in [2.75, 3.05) is 5.75 Å². The van der Waals surface area contributed by atoms with Crippen molar-refractivity contribution in [1.82, 2.24) is 5.32 Å². The number of carbonyl (C=O) groups is 1. The van der Waals surface area contributed by atoms with Gasteiger partial charge in [-0.05, 0) is 35.7 Å². The van der Waals surface area contributed by atoms with Crippen molar-refractivity contribution in [2.45, 2.75) is 29.9 Å². The number of fused-ring (bicyclic) bond motifs is 1. The van der Waals surface area contributed by atoms with E-state index in [0.29, 0.717) is 6.42 Å². The van der Waals surface area contributed by atoms with Crippen LogP contribution in [0, 0.1) is 5.82 Å². The number of rotatable bonds is 3. The molecule has 4 nitrogen and oxygen atoms in total. The molecular weight excluding hydrogens is 339 g/mol. The monoisotopic (exact) mass is 356 g/mol. The third-order valence-electron chi connectivity index (χ3n) is 4.40. The minimum Gasteiger partial charge on any atom is -0.382 e. The first-order chi connectivity index (χ1) is 12.2. The first-order valence-corrected chi connectivity index (χ1v) is 9.20. The zero-order chi connectivity index (χ0) is 17.2. The molecule has 128 valence electrons. The van der Waals surface area contributed by atoms with Crippen molar-refractivity contribution < 1.29 is 14.0 Å². The summed E-state index contributed by atoms with van der Waals surface area (Å²) in [5.74, 6) is 0.398. The lowest BCUT2D eigenvalue weighted by Crippen LogP contribution is -2.38. The molecule has 1 amide bonds. The van der Waals surface area contributed by atoms with E-state index in [-0.39, 0.29) is 17.8 Å². The summed E-state index contributed by atoms with van der Waals surface area (Å²) in [5, 5.41) is 7.05. The summed E-state index contributed by atoms with van der Waals surface area (Å²) in [6.07, 6.45) is 0.570. The predicted octanol–water partition coefficient (Wildman–Crippen LogP) is 3.67. The van der Waals surface area contributed by atoms with Crippen LogP contribution in [0.15, 0.2) is 58.6 Å². The van der Waals surface area contributed by atoms with E-state index in [1.165, 1.54) is 12.1 Å². The molecule has 2 heterocycles. The van der Waals surface area contributed by atoms with Crippen LogP contribution in [0.3, 0.4) is 0 Å². The first kappa shape index (κ1) is 16.1. The standard InChI is InChI=1S/C19H17FN2O2S/c20-13-6-7-18-14(10-13)15(8-9-25-18)21-19(23)17-11-16(22-24-17)12-4-2-1-3-5-12/h1-7,10,15,17H,8-9,11H2,(H,21,23). The Morgan fingerprint density at radius 1 is 1.24 bits per heavy atom. The average molecular weight is 356 g/mol. The topological polar surface area (TPSA) is 50.7 Å². The summed E-state index contributed by atoms with van der Waals surface area (Å²) in [5.41, 5.74) is 2.57. The van der Waals surface area contributed by atoms with Crippen LogP contribution in [0.2, 0.25) is 0 Å². The number of nitrogens with zero attached hydrogens (tertiary/aromatic N) is 1. The van der Waals surface area contributed by atoms with Gasteiger partial charge in [0.05, 0.1) is 11.8 Å². The summed E-state index contributed by atoms with van der Waals surface area (Å²) in [7, 11) is 0. The summed E-state index contributed by atoms with van der Waals surface area (Å²) in [4.78, 5) is 18.9. The highest BCUT2D eigenvalue weighted by Gasteiger charge is 2.31. The van der Waals surface area contributed by atoms with Crippen molar-refractivity contribution >= 4 is 23.4 Å². The molecule has 2 aromatic rings. The first-order valence-electron chi connectivity index (χ1n) is 8.21. The molecular formula is C19H17FN2O2S. The van der Waals surface area contributed by atoms with E-state index in [1.54, 1.807) is 17.8 Å². The van der Waals surface area contributed by atoms with Crippen LogP contribution in [0.4, 0.5) is 4.39 Å². The molecule has 0 aromatic heterocycles. The van der Waals surface area contributed by atoms with Gasteiger partial charge in [0.25, 0.3) is 5.91 Å². The van der Waals surface area contributed by atoms with E-state index in [9.17, 15) is 9.18 Å². The quantitative estimate of drug-likeness (QED) is 0.913. The van der Waals surface area contributed by atoms with Crippen LogP contribution < -0.4 is 5.32 Å². The Balaban J connectivity index is 1.44. The molecule has 0 aliphatic carbocycles. The Kier molecular flexibility index (Phi) is 4.44. The number of amides is 1. The van der Waals surface area contributed by atoms with Crippen molar-refractivity contribution in [2.24, 2.45) is 5.16 Å². The average Bonchev–Trinajstić information content (AvgIpc) is 3.13. The predicted molar refractivity (Wildman–Crippen MR) is 95.1 cm³/mol. The molecule has 25 heavy (non-hydrogen) atoms. The van der Waals surface area contributed by atoms with Crippen LogP contribution in [0.5, 0.6) is 0 Å². The van der Waals surface area contributed by atoms with Gasteiger partial charge < -0.3 is 10.2 Å². The minimum atomic E-state index is -0.637. The summed E-state index contributed by atoms with van der Waals surface area (Å²) in [6.45, 7) is 0. The highest BCUT2D eigenvalue weighted by molar-refractivity contribution is 7.99. The van der Waals surface area contributed by atoms with Gasteiger partial charge in [0.2, 0.25) is 6.10 Å². The SMILES string of the molecule is O=C(NC1CCSc2ccc(F)cc21)C1CC(c2ccccc2)=NO1. The second kappa shape index (κ2) is 6.88. The number of hydrogen-bond acceptors (Lipinski definition) is 4. The highest BCUT2D eigenvalue weighted by atomic mass is 32.2. The van der Waals surface area contributed by atoms with Gasteiger partial charge in [-0.15, -0.1) is 11.8 Å². The Bertz CT molecular complexity index is 825. The van der Waals surface area contributed by atoms with Gasteiger partial charge in [0.15, 0.2) is 0 Å². The minimum absolute atomic E-state index is 0.191. The fourth-order valence-electron chi connectivity index (χ4n) is 3.10. The molecule has 0 saturated carbocycles. The smallest absolute Gasteiger partial charge is 0.264 e. The van der Waals surface area contributed by atoms with E-state index in [1.807, 2.05) is 30.3 Å². The van der Waals surface area contributed by atoms with Crippen LogP contribution in [-0.4, -0.2) is 23.5 Å². The summed E-state index contributed by atoms with van der Waals surface area (Å²) >= 11 is 1.69. The lowest BCUT2D eigenvalue weighted by molar-refractivity contribution is -0.132. The Labute approximate surface area is 149 Å². The van der Waals surface area contributed by atoms with Crippen LogP contribution in [0.1, 0.15) is 30.0 Å². The number of oxime groups is 1. The van der Waals surface area contributed by atoms with E-state index < -0.39 is 6.10 Å². The molecule has 2 aliphatic heterocycles. The maximum Gasteiger partial charge on any atom is 0.264 e. The van der Waals surface area contributed by atoms with Gasteiger partial charge in [0.1, 0.15) is 5.82 Å². The van der Waals surface area contributed by atoms with Crippen LogP contribution in [-0.2, 0) is 9.63 Å². The van der Waals surface area contributed by atoms with Crippen molar-refractivity contribution in [3.8, 4) is 0 Å². The maximum absolute atomic E-state index is 13.6. The van der Waals surface area contributed by atoms with Gasteiger partial charge in [-0.2, -0.15) is 0 Å². The zero-order valence-corrected chi connectivity index (χ0v) is 14.3. The Morgan fingerprint density at radius 3 is 2.92 bits per heavy atom. The Hall–Kier alpha value is -2.34. The lowest BCUT2D eigenvalue weighted by atomic mass is 10.0. The largest absolute Gasteiger partial charge is 0.382 e. The molecule has 0 saturated heterocycles. The summed E-state index contributed by atoms with van der Waals surface area (Å²) < 4.78 is 13.6. The highest BCUT2D eigenvalue weighted by Crippen LogP contribution is 2.36. The van der Waals surface area contributed by atoms with Crippen molar-refractivity contribution in [3.05, 3.63) is 65.5 Å². The number of carbonyl (C=O) groups excluding carboxylic acids is 1. The second-order valence-corrected chi connectivity index (χ2v) is 7.22. The van der Waals surface area contributed by atoms with Gasteiger partial charge in [-0.1, -0.05) is 35.5 Å². The molecule has 2 aromatic carbocycles. The molecule has 6 heteroatoms. The van der Waals surface area contributed by atoms with Crippen molar-refractivity contribution in [3.63, 3.8) is 0 Å². The van der Waals surface area contributed by atoms with E-state index >= 15 is 0 Å². The third kappa shape index (κ3) is 3.39. The lowest BCUT2D eigenvalue weighted by Gasteiger charge is -2.26. The third-order valence-corrected chi connectivity index (χ3v) is 5.52. The van der Waals surface area contributed by atoms with Gasteiger partial charge in [-0.25, -0.2) is 4.39 Å². The van der Waals surface area contributed by atoms with Gasteiger partial charge >= 0.3 is 0 Å². The summed E-state index contributed by atoms with van der Waals surface area (Å²) in [6, 6.07) is 14.2. The normalized spacial score (nSPS) is 21.9. The number of benzene rings is 2. The number of halogens is 1. The molecule has 4 rings (SSSR count). The fraction of sp³-hybridized carbons (Fsp3) is 0.263. The molecule has 0 bridgehead atoms. The number of nitrogens with one attached hydrogen (secondary N) is 1. The fourth-order valence-corrected chi connectivity index (χ4v) is 4.20. The molecule has 0 spiro atoms. The van der Waals surface area contributed by atoms with E-state index in [2.05, 4.69) is 10.5 Å². The maximum atomic E-state index is 13.6. The molecule has 2 atom stereocenters. The number of hydrogen-bond donors (Lipinski definition) is 1. The second-order valence-electron chi connectivity index (χ2n) is 6.08. The number of thioether (sulfide) groups is 1. The molecule has 1 N–H and O–H groups in total. The molecule has 0 radical (unpaired) electrons. The van der Waals surface area contributed by atoms with Gasteiger partial charge in [-0.3, -0.25) is 4.79 Å². The molecule has 0 fully saturated rings. The van der Waals surface area contributed by atoms with Crippen molar-refractivity contribution in [1.29, 1.82) is 0 Å². The van der Waals surface area contributed by atoms with Crippen LogP contribution >= 0.6 is 11.8 Å². The van der Waals surface area contributed by atoms with E-state index in [4.69, 9.17) is 4.84 Å².